The fourth-order valence-corrected chi connectivity index (χ4v) is 5.94. The van der Waals surface area contributed by atoms with Gasteiger partial charge in [-0.2, -0.15) is 9.29 Å². The maximum Gasteiger partial charge on any atom is 0.274 e. The number of hydrogen-bond donors (Lipinski definition) is 1. The maximum absolute atomic E-state index is 13.0. The average Bonchev–Trinajstić information content (AvgIpc) is 3.53. The van der Waals surface area contributed by atoms with Crippen LogP contribution in [0.2, 0.25) is 0 Å². The summed E-state index contributed by atoms with van der Waals surface area (Å²) in [6.45, 7) is 2.26. The van der Waals surface area contributed by atoms with Gasteiger partial charge >= 0.3 is 0 Å². The van der Waals surface area contributed by atoms with Crippen molar-refractivity contribution in [2.24, 2.45) is 0 Å². The van der Waals surface area contributed by atoms with E-state index in [-0.39, 0.29) is 16.7 Å². The summed E-state index contributed by atoms with van der Waals surface area (Å²) in [7, 11) is -3.67. The minimum absolute atomic E-state index is 0.226. The van der Waals surface area contributed by atoms with Gasteiger partial charge in [-0.25, -0.2) is 13.4 Å². The second-order valence-electron chi connectivity index (χ2n) is 8.75. The van der Waals surface area contributed by atoms with Gasteiger partial charge in [-0.3, -0.25) is 9.20 Å². The second kappa shape index (κ2) is 8.95. The Bertz CT molecular complexity index is 1730. The summed E-state index contributed by atoms with van der Waals surface area (Å²) in [6, 6.07) is 18.7. The van der Waals surface area contributed by atoms with Gasteiger partial charge < -0.3 is 9.84 Å². The number of carbonyl (C=O) groups excluding carboxylic acids is 1. The van der Waals surface area contributed by atoms with Crippen molar-refractivity contribution in [3.05, 3.63) is 96.3 Å². The molecule has 10 nitrogen and oxygen atoms in total. The standard InChI is InChI=1S/C26H22N6O4S/c1-17-10-11-18(15-20(17)28-25(33)22-16-27-23-9-5-6-13-31(22)23)24-29-26(36-30-24)21-12-14-32(21)37(34,35)19-7-3-2-4-8-19/h2-11,13,15-16,21H,12,14H2,1H3,(H,28,33)/t21-/m1/s1. The third-order valence-electron chi connectivity index (χ3n) is 6.44. The van der Waals surface area contributed by atoms with Gasteiger partial charge in [0.25, 0.3) is 5.91 Å². The molecule has 11 heteroatoms. The highest BCUT2D eigenvalue weighted by Crippen LogP contribution is 2.38. The fourth-order valence-electron chi connectivity index (χ4n) is 4.30. The van der Waals surface area contributed by atoms with Gasteiger partial charge in [0, 0.05) is 24.0 Å². The number of sulfonamides is 1. The van der Waals surface area contributed by atoms with E-state index in [0.29, 0.717) is 41.4 Å². The van der Waals surface area contributed by atoms with Crippen LogP contribution >= 0.6 is 0 Å². The highest BCUT2D eigenvalue weighted by Gasteiger charge is 2.42. The lowest BCUT2D eigenvalue weighted by molar-refractivity contribution is 0.102. The minimum Gasteiger partial charge on any atom is -0.337 e. The molecule has 0 saturated carbocycles. The quantitative estimate of drug-likeness (QED) is 0.362. The monoisotopic (exact) mass is 514 g/mol. The van der Waals surface area contributed by atoms with Crippen molar-refractivity contribution >= 4 is 27.3 Å². The molecular weight excluding hydrogens is 492 g/mol. The van der Waals surface area contributed by atoms with Crippen molar-refractivity contribution in [2.75, 3.05) is 11.9 Å². The Morgan fingerprint density at radius 1 is 1.08 bits per heavy atom. The third kappa shape index (κ3) is 4.07. The lowest BCUT2D eigenvalue weighted by Crippen LogP contribution is -2.45. The molecule has 0 spiro atoms. The molecule has 3 aromatic heterocycles. The van der Waals surface area contributed by atoms with Crippen LogP contribution in [0.4, 0.5) is 5.69 Å². The molecule has 0 bridgehead atoms. The van der Waals surface area contributed by atoms with Crippen LogP contribution in [0.25, 0.3) is 17.0 Å². The fraction of sp³-hybridized carbons (Fsp3) is 0.154. The molecule has 1 aliphatic heterocycles. The Morgan fingerprint density at radius 3 is 2.68 bits per heavy atom. The zero-order valence-corrected chi connectivity index (χ0v) is 20.6. The Kier molecular flexibility index (Phi) is 5.58. The van der Waals surface area contributed by atoms with Gasteiger partial charge in [-0.05, 0) is 49.2 Å². The molecule has 6 rings (SSSR count). The summed E-state index contributed by atoms with van der Waals surface area (Å²) in [6.07, 6.45) is 3.90. The number of fused-ring (bicyclic) bond motifs is 1. The maximum atomic E-state index is 13.0. The smallest absolute Gasteiger partial charge is 0.274 e. The molecular formula is C26H22N6O4S. The van der Waals surface area contributed by atoms with Crippen molar-refractivity contribution in [2.45, 2.75) is 24.3 Å². The van der Waals surface area contributed by atoms with Crippen molar-refractivity contribution in [3.63, 3.8) is 0 Å². The van der Waals surface area contributed by atoms with E-state index in [1.807, 2.05) is 37.3 Å². The highest BCUT2D eigenvalue weighted by molar-refractivity contribution is 7.89. The summed E-state index contributed by atoms with van der Waals surface area (Å²) in [4.78, 5) is 22.0. The van der Waals surface area contributed by atoms with E-state index in [9.17, 15) is 13.2 Å². The Morgan fingerprint density at radius 2 is 1.89 bits per heavy atom. The van der Waals surface area contributed by atoms with E-state index < -0.39 is 16.1 Å². The average molecular weight is 515 g/mol. The molecule has 5 aromatic rings. The predicted octanol–water partition coefficient (Wildman–Crippen LogP) is 4.08. The molecule has 0 unspecified atom stereocenters. The van der Waals surface area contributed by atoms with Gasteiger partial charge in [0.05, 0.1) is 11.1 Å². The normalized spacial score (nSPS) is 16.0. The first-order valence-corrected chi connectivity index (χ1v) is 13.1. The molecule has 186 valence electrons. The molecule has 1 N–H and O–H groups in total. The lowest BCUT2D eigenvalue weighted by atomic mass is 10.1. The van der Waals surface area contributed by atoms with Crippen molar-refractivity contribution in [1.82, 2.24) is 23.8 Å². The summed E-state index contributed by atoms with van der Waals surface area (Å²) in [5, 5.41) is 7.02. The lowest BCUT2D eigenvalue weighted by Gasteiger charge is -2.36. The number of anilines is 1. The number of pyridine rings is 1. The number of benzene rings is 2. The number of carbonyl (C=O) groups is 1. The van der Waals surface area contributed by atoms with E-state index in [0.717, 1.165) is 5.56 Å². The molecule has 1 amide bonds. The zero-order valence-electron chi connectivity index (χ0n) is 19.8. The van der Waals surface area contributed by atoms with Crippen LogP contribution in [0, 0.1) is 6.92 Å². The minimum atomic E-state index is -3.67. The van der Waals surface area contributed by atoms with Gasteiger partial charge in [-0.15, -0.1) is 0 Å². The first kappa shape index (κ1) is 23.1. The first-order chi connectivity index (χ1) is 17.9. The van der Waals surface area contributed by atoms with Crippen LogP contribution in [-0.4, -0.2) is 44.7 Å². The Labute approximate surface area is 212 Å². The van der Waals surface area contributed by atoms with E-state index >= 15 is 0 Å². The van der Waals surface area contributed by atoms with Gasteiger partial charge in [0.15, 0.2) is 0 Å². The molecule has 1 fully saturated rings. The number of nitrogens with one attached hydrogen (secondary N) is 1. The number of aryl methyl sites for hydroxylation is 1. The van der Waals surface area contributed by atoms with Crippen LogP contribution in [0.5, 0.6) is 0 Å². The SMILES string of the molecule is Cc1ccc(-c2noc([C@H]3CCN3S(=O)(=O)c3ccccc3)n2)cc1NC(=O)c1cnc2ccccn12. The van der Waals surface area contributed by atoms with Gasteiger partial charge in [0.1, 0.15) is 17.4 Å². The molecule has 37 heavy (non-hydrogen) atoms. The summed E-state index contributed by atoms with van der Waals surface area (Å²) >= 11 is 0. The molecule has 1 atom stereocenters. The molecule has 2 aromatic carbocycles. The number of hydrogen-bond acceptors (Lipinski definition) is 7. The van der Waals surface area contributed by atoms with Crippen molar-refractivity contribution in [1.29, 1.82) is 0 Å². The van der Waals surface area contributed by atoms with Crippen LogP contribution in [0.1, 0.15) is 34.4 Å². The largest absolute Gasteiger partial charge is 0.337 e. The van der Waals surface area contributed by atoms with Gasteiger partial charge in [0.2, 0.25) is 21.7 Å². The van der Waals surface area contributed by atoms with Crippen LogP contribution in [0.15, 0.2) is 88.5 Å². The Balaban J connectivity index is 1.24. The predicted molar refractivity (Wildman–Crippen MR) is 135 cm³/mol. The Hall–Kier alpha value is -4.35. The van der Waals surface area contributed by atoms with Gasteiger partial charge in [-0.1, -0.05) is 41.6 Å². The van der Waals surface area contributed by atoms with Crippen molar-refractivity contribution < 1.29 is 17.7 Å². The molecule has 1 aliphatic rings. The number of amides is 1. The van der Waals surface area contributed by atoms with Crippen LogP contribution in [0.3, 0.4) is 0 Å². The topological polar surface area (TPSA) is 123 Å². The van der Waals surface area contributed by atoms with E-state index in [2.05, 4.69) is 20.4 Å². The molecule has 0 radical (unpaired) electrons. The van der Waals surface area contributed by atoms with E-state index in [1.54, 1.807) is 47.0 Å². The number of rotatable bonds is 6. The van der Waals surface area contributed by atoms with E-state index in [1.165, 1.54) is 10.5 Å². The summed E-state index contributed by atoms with van der Waals surface area (Å²) in [5.74, 6) is 0.242. The second-order valence-corrected chi connectivity index (χ2v) is 10.6. The number of aromatic nitrogens is 4. The van der Waals surface area contributed by atoms with Crippen LogP contribution in [-0.2, 0) is 10.0 Å². The summed E-state index contributed by atoms with van der Waals surface area (Å²) < 4.78 is 34.6. The number of nitrogens with zero attached hydrogens (tertiary/aromatic N) is 5. The van der Waals surface area contributed by atoms with Crippen LogP contribution < -0.4 is 5.32 Å². The van der Waals surface area contributed by atoms with E-state index in [4.69, 9.17) is 4.52 Å². The highest BCUT2D eigenvalue weighted by atomic mass is 32.2. The number of imidazole rings is 1. The summed E-state index contributed by atoms with van der Waals surface area (Å²) in [5.41, 5.74) is 3.17. The van der Waals surface area contributed by atoms with Crippen molar-refractivity contribution in [3.8, 4) is 11.4 Å². The third-order valence-corrected chi connectivity index (χ3v) is 8.36. The molecule has 4 heterocycles. The zero-order chi connectivity index (χ0) is 25.6. The molecule has 0 aliphatic carbocycles. The first-order valence-electron chi connectivity index (χ1n) is 11.7. The molecule has 1 saturated heterocycles.